The fourth-order valence-electron chi connectivity index (χ4n) is 2.33. The molecule has 2 rings (SSSR count). The van der Waals surface area contributed by atoms with Gasteiger partial charge >= 0.3 is 6.61 Å². The normalized spacial score (nSPS) is 12.1. The van der Waals surface area contributed by atoms with Crippen molar-refractivity contribution in [1.29, 1.82) is 0 Å². The molecule has 0 fully saturated rings. The first-order chi connectivity index (χ1) is 11.8. The molecule has 0 saturated heterocycles. The summed E-state index contributed by atoms with van der Waals surface area (Å²) < 4.78 is 41.7. The molecule has 1 atom stereocenters. The lowest BCUT2D eigenvalue weighted by atomic mass is 9.96. The number of ether oxygens (including phenoxy) is 1. The molecule has 0 amide bonds. The highest BCUT2D eigenvalue weighted by atomic mass is 32.1. The van der Waals surface area contributed by atoms with Crippen molar-refractivity contribution < 1.29 is 17.9 Å². The first-order valence-electron chi connectivity index (χ1n) is 7.73. The molecule has 0 spiro atoms. The Morgan fingerprint density at radius 2 is 1.60 bits per heavy atom. The molecular weight excluding hydrogens is 349 g/mol. The van der Waals surface area contributed by atoms with E-state index >= 15 is 0 Å². The Labute approximate surface area is 150 Å². The van der Waals surface area contributed by atoms with Crippen molar-refractivity contribution in [1.82, 2.24) is 5.32 Å². The lowest BCUT2D eigenvalue weighted by molar-refractivity contribution is -0.0498. The summed E-state index contributed by atoms with van der Waals surface area (Å²) in [7, 11) is 0. The van der Waals surface area contributed by atoms with Crippen LogP contribution in [0.1, 0.15) is 25.5 Å². The zero-order chi connectivity index (χ0) is 18.4. The van der Waals surface area contributed by atoms with Gasteiger partial charge in [0.2, 0.25) is 0 Å². The van der Waals surface area contributed by atoms with E-state index in [9.17, 15) is 13.2 Å². The number of hydrogen-bond acceptors (Lipinski definition) is 2. The van der Waals surface area contributed by atoms with Crippen molar-refractivity contribution in [3.05, 3.63) is 59.9 Å². The van der Waals surface area contributed by atoms with Crippen LogP contribution in [0.5, 0.6) is 5.75 Å². The molecule has 25 heavy (non-hydrogen) atoms. The lowest BCUT2D eigenvalue weighted by Crippen LogP contribution is -2.34. The van der Waals surface area contributed by atoms with Crippen LogP contribution in [-0.4, -0.2) is 11.7 Å². The predicted molar refractivity (Wildman–Crippen MR) is 96.4 cm³/mol. The quantitative estimate of drug-likeness (QED) is 0.694. The minimum absolute atomic E-state index is 0.0748. The molecule has 0 aromatic heterocycles. The number of alkyl halides is 2. The molecule has 0 unspecified atom stereocenters. The zero-order valence-electron chi connectivity index (χ0n) is 13.8. The third kappa shape index (κ3) is 5.94. The van der Waals surface area contributed by atoms with E-state index in [1.54, 1.807) is 24.3 Å². The summed E-state index contributed by atoms with van der Waals surface area (Å²) in [6.45, 7) is 1.20. The highest BCUT2D eigenvalue weighted by Gasteiger charge is 2.17. The van der Waals surface area contributed by atoms with Crippen molar-refractivity contribution in [2.45, 2.75) is 26.5 Å². The molecule has 0 saturated carbocycles. The van der Waals surface area contributed by atoms with Crippen molar-refractivity contribution in [3.63, 3.8) is 0 Å². The molecule has 0 aliphatic heterocycles. The van der Waals surface area contributed by atoms with Gasteiger partial charge in [0.15, 0.2) is 5.11 Å². The summed E-state index contributed by atoms with van der Waals surface area (Å²) in [5.74, 6) is -0.00381. The highest BCUT2D eigenvalue weighted by molar-refractivity contribution is 7.80. The monoisotopic (exact) mass is 368 g/mol. The second-order valence-corrected chi connectivity index (χ2v) is 6.18. The molecule has 7 heteroatoms. The average Bonchev–Trinajstić information content (AvgIpc) is 2.55. The molecule has 3 nitrogen and oxygen atoms in total. The van der Waals surface area contributed by atoms with Crippen molar-refractivity contribution in [2.75, 3.05) is 5.32 Å². The molecule has 0 aliphatic carbocycles. The number of nitrogens with one attached hydrogen (secondary N) is 2. The van der Waals surface area contributed by atoms with Gasteiger partial charge in [0.25, 0.3) is 0 Å². The molecule has 0 heterocycles. The third-order valence-electron chi connectivity index (χ3n) is 3.52. The number of thiocarbonyl (C=S) groups is 1. The van der Waals surface area contributed by atoms with E-state index in [-0.39, 0.29) is 23.5 Å². The first-order valence-corrected chi connectivity index (χ1v) is 8.14. The summed E-state index contributed by atoms with van der Waals surface area (Å²) in [5.41, 5.74) is 1.56. The number of halogens is 3. The van der Waals surface area contributed by atoms with Crippen LogP contribution < -0.4 is 15.4 Å². The Kier molecular flexibility index (Phi) is 6.64. The molecule has 0 aliphatic rings. The minimum Gasteiger partial charge on any atom is -0.435 e. The van der Waals surface area contributed by atoms with E-state index in [0.717, 1.165) is 5.56 Å². The van der Waals surface area contributed by atoms with Gasteiger partial charge in [0, 0.05) is 5.69 Å². The summed E-state index contributed by atoms with van der Waals surface area (Å²) in [5, 5.41) is 6.57. The Morgan fingerprint density at radius 3 is 2.12 bits per heavy atom. The van der Waals surface area contributed by atoms with Crippen LogP contribution in [0.4, 0.5) is 18.9 Å². The number of anilines is 1. The zero-order valence-corrected chi connectivity index (χ0v) is 14.6. The summed E-state index contributed by atoms with van der Waals surface area (Å²) in [6.07, 6.45) is 0. The van der Waals surface area contributed by atoms with Gasteiger partial charge in [-0.3, -0.25) is 0 Å². The Bertz CT molecular complexity index is 690. The molecule has 2 N–H and O–H groups in total. The average molecular weight is 368 g/mol. The lowest BCUT2D eigenvalue weighted by Gasteiger charge is -2.25. The third-order valence-corrected chi connectivity index (χ3v) is 3.74. The van der Waals surface area contributed by atoms with Crippen molar-refractivity contribution >= 4 is 23.0 Å². The summed E-state index contributed by atoms with van der Waals surface area (Å²) in [4.78, 5) is 0. The van der Waals surface area contributed by atoms with Gasteiger partial charge in [-0.15, -0.1) is 0 Å². The fraction of sp³-hybridized carbons (Fsp3) is 0.278. The molecule has 134 valence electrons. The SMILES string of the molecule is CC(C)[C@H](NC(=S)Nc1ccc(OC(F)F)cc1)c1ccc(F)cc1. The molecule has 2 aromatic rings. The van der Waals surface area contributed by atoms with E-state index in [2.05, 4.69) is 15.4 Å². The van der Waals surface area contributed by atoms with Gasteiger partial charge in [0.1, 0.15) is 11.6 Å². The van der Waals surface area contributed by atoms with Crippen LogP contribution in [0.3, 0.4) is 0 Å². The van der Waals surface area contributed by atoms with Gasteiger partial charge in [-0.05, 0) is 60.1 Å². The molecular formula is C18H19F3N2OS. The highest BCUT2D eigenvalue weighted by Crippen LogP contribution is 2.23. The number of benzene rings is 2. The van der Waals surface area contributed by atoms with Crippen LogP contribution in [0.2, 0.25) is 0 Å². The van der Waals surface area contributed by atoms with Gasteiger partial charge < -0.3 is 15.4 Å². The van der Waals surface area contributed by atoms with Crippen LogP contribution in [0, 0.1) is 11.7 Å². The Balaban J connectivity index is 2.00. The summed E-state index contributed by atoms with van der Waals surface area (Å²) in [6, 6.07) is 12.2. The van der Waals surface area contributed by atoms with E-state index < -0.39 is 6.61 Å². The largest absolute Gasteiger partial charge is 0.435 e. The van der Waals surface area contributed by atoms with Gasteiger partial charge in [0.05, 0.1) is 6.04 Å². The number of hydrogen-bond donors (Lipinski definition) is 2. The van der Waals surface area contributed by atoms with Crippen LogP contribution in [0.25, 0.3) is 0 Å². The molecule has 2 aromatic carbocycles. The Morgan fingerprint density at radius 1 is 1.00 bits per heavy atom. The van der Waals surface area contributed by atoms with Gasteiger partial charge in [-0.25, -0.2) is 4.39 Å². The van der Waals surface area contributed by atoms with Crippen molar-refractivity contribution in [2.24, 2.45) is 5.92 Å². The second-order valence-electron chi connectivity index (χ2n) is 5.77. The van der Waals surface area contributed by atoms with Crippen LogP contribution in [0.15, 0.2) is 48.5 Å². The van der Waals surface area contributed by atoms with E-state index in [4.69, 9.17) is 12.2 Å². The molecule has 0 radical (unpaired) electrons. The fourth-order valence-corrected chi connectivity index (χ4v) is 2.58. The summed E-state index contributed by atoms with van der Waals surface area (Å²) >= 11 is 5.31. The van der Waals surface area contributed by atoms with Crippen LogP contribution >= 0.6 is 12.2 Å². The van der Waals surface area contributed by atoms with E-state index in [1.165, 1.54) is 24.3 Å². The molecule has 0 bridgehead atoms. The topological polar surface area (TPSA) is 33.3 Å². The number of rotatable bonds is 6. The van der Waals surface area contributed by atoms with Crippen molar-refractivity contribution in [3.8, 4) is 5.75 Å². The first kappa shape index (κ1) is 19.1. The van der Waals surface area contributed by atoms with Gasteiger partial charge in [-0.2, -0.15) is 8.78 Å². The smallest absolute Gasteiger partial charge is 0.387 e. The maximum Gasteiger partial charge on any atom is 0.387 e. The maximum atomic E-state index is 13.1. The standard InChI is InChI=1S/C18H19F3N2OS/c1-11(2)16(12-3-5-13(19)6-4-12)23-18(25)22-14-7-9-15(10-8-14)24-17(20)21/h3-11,16-17H,1-2H3,(H2,22,23,25)/t16-/m0/s1. The minimum atomic E-state index is -2.86. The predicted octanol–water partition coefficient (Wildman–Crippen LogP) is 5.11. The van der Waals surface area contributed by atoms with E-state index in [0.29, 0.717) is 10.8 Å². The van der Waals surface area contributed by atoms with Gasteiger partial charge in [-0.1, -0.05) is 26.0 Å². The van der Waals surface area contributed by atoms with E-state index in [1.807, 2.05) is 13.8 Å². The second kappa shape index (κ2) is 8.71. The Hall–Kier alpha value is -2.28. The maximum absolute atomic E-state index is 13.1. The van der Waals surface area contributed by atoms with Crippen LogP contribution in [-0.2, 0) is 0 Å².